The van der Waals surface area contributed by atoms with Gasteiger partial charge in [-0.3, -0.25) is 9.48 Å². The molecule has 0 radical (unpaired) electrons. The number of nitrogens with one attached hydrogen (secondary N) is 1. The highest BCUT2D eigenvalue weighted by molar-refractivity contribution is 5.95. The van der Waals surface area contributed by atoms with Crippen molar-refractivity contribution in [2.45, 2.75) is 91.5 Å². The summed E-state index contributed by atoms with van der Waals surface area (Å²) in [5, 5.41) is 7.37. The Morgan fingerprint density at radius 2 is 1.89 bits per heavy atom. The Morgan fingerprint density at radius 1 is 1.26 bits per heavy atom. The molecule has 1 aromatic rings. The maximum absolute atomic E-state index is 13.2. The smallest absolute Gasteiger partial charge is 0.407 e. The summed E-state index contributed by atoms with van der Waals surface area (Å²) in [4.78, 5) is 27.1. The minimum atomic E-state index is -0.543. The second-order valence-electron chi connectivity index (χ2n) is 9.22. The zero-order chi connectivity index (χ0) is 20.6. The molecular formula is C20H34N4O3. The molecule has 0 aromatic carbocycles. The summed E-state index contributed by atoms with van der Waals surface area (Å²) in [6, 6.07) is -0.223. The van der Waals surface area contributed by atoms with Crippen LogP contribution in [-0.2, 0) is 16.7 Å². The van der Waals surface area contributed by atoms with E-state index in [2.05, 4.69) is 31.2 Å². The molecule has 2 atom stereocenters. The Hall–Kier alpha value is -2.05. The standard InChI is InChI=1S/C20H34N4O3/c1-9-16-14(12-21-24(16)19(3,4)5)17(25)23-11-10-15(13(23)2)22-18(26)27-20(6,7)8/h12-13,15H,9-11H2,1-8H3,(H,22,26)/t13-,15-/m1/s1. The first kappa shape index (κ1) is 21.3. The molecule has 1 fully saturated rings. The van der Waals surface area contributed by atoms with Gasteiger partial charge in [-0.2, -0.15) is 5.10 Å². The minimum Gasteiger partial charge on any atom is -0.444 e. The van der Waals surface area contributed by atoms with Crippen molar-refractivity contribution in [2.75, 3.05) is 6.54 Å². The Bertz CT molecular complexity index is 697. The van der Waals surface area contributed by atoms with Crippen LogP contribution in [0.3, 0.4) is 0 Å². The van der Waals surface area contributed by atoms with Crippen molar-refractivity contribution in [3.05, 3.63) is 17.5 Å². The molecule has 0 bridgehead atoms. The SMILES string of the molecule is CCc1c(C(=O)N2CC[C@@H](NC(=O)OC(C)(C)C)[C@H]2C)cnn1C(C)(C)C. The number of carbonyl (C=O) groups is 2. The molecule has 1 saturated heterocycles. The summed E-state index contributed by atoms with van der Waals surface area (Å²) < 4.78 is 7.27. The van der Waals surface area contributed by atoms with Crippen LogP contribution in [0, 0.1) is 0 Å². The van der Waals surface area contributed by atoms with Gasteiger partial charge in [-0.05, 0) is 61.3 Å². The number of carbonyl (C=O) groups excluding carboxylic acids is 2. The Labute approximate surface area is 162 Å². The van der Waals surface area contributed by atoms with E-state index in [0.717, 1.165) is 12.1 Å². The van der Waals surface area contributed by atoms with Crippen LogP contribution >= 0.6 is 0 Å². The number of ether oxygens (including phenoxy) is 1. The lowest BCUT2D eigenvalue weighted by Crippen LogP contribution is -2.46. The van der Waals surface area contributed by atoms with Gasteiger partial charge in [0.25, 0.3) is 5.91 Å². The van der Waals surface area contributed by atoms with Crippen molar-refractivity contribution < 1.29 is 14.3 Å². The summed E-state index contributed by atoms with van der Waals surface area (Å²) in [5.41, 5.74) is 0.876. The summed E-state index contributed by atoms with van der Waals surface area (Å²) in [5.74, 6) is -0.0247. The summed E-state index contributed by atoms with van der Waals surface area (Å²) in [6.45, 7) is 16.3. The molecule has 1 aliphatic rings. The monoisotopic (exact) mass is 378 g/mol. The van der Waals surface area contributed by atoms with Crippen LogP contribution in [0.2, 0.25) is 0 Å². The highest BCUT2D eigenvalue weighted by Crippen LogP contribution is 2.25. The maximum atomic E-state index is 13.2. The molecule has 1 N–H and O–H groups in total. The first-order valence-electron chi connectivity index (χ1n) is 9.73. The Kier molecular flexibility index (Phi) is 5.92. The fourth-order valence-electron chi connectivity index (χ4n) is 3.50. The summed E-state index contributed by atoms with van der Waals surface area (Å²) in [6.07, 6.45) is 2.68. The van der Waals surface area contributed by atoms with Gasteiger partial charge in [0, 0.05) is 12.6 Å². The molecule has 152 valence electrons. The zero-order valence-corrected chi connectivity index (χ0v) is 17.9. The van der Waals surface area contributed by atoms with Crippen LogP contribution in [0.5, 0.6) is 0 Å². The third kappa shape index (κ3) is 4.82. The summed E-state index contributed by atoms with van der Waals surface area (Å²) in [7, 11) is 0. The number of nitrogens with zero attached hydrogens (tertiary/aromatic N) is 3. The molecule has 27 heavy (non-hydrogen) atoms. The molecule has 0 spiro atoms. The first-order chi connectivity index (χ1) is 12.3. The van der Waals surface area contributed by atoms with Crippen molar-refractivity contribution in [2.24, 2.45) is 0 Å². The molecule has 7 nitrogen and oxygen atoms in total. The van der Waals surface area contributed by atoms with E-state index in [-0.39, 0.29) is 23.5 Å². The highest BCUT2D eigenvalue weighted by Gasteiger charge is 2.37. The van der Waals surface area contributed by atoms with E-state index in [1.165, 1.54) is 0 Å². The van der Waals surface area contributed by atoms with E-state index in [1.807, 2.05) is 44.2 Å². The number of rotatable bonds is 3. The van der Waals surface area contributed by atoms with E-state index >= 15 is 0 Å². The van der Waals surface area contributed by atoms with Gasteiger partial charge in [0.05, 0.1) is 29.0 Å². The van der Waals surface area contributed by atoms with Crippen LogP contribution in [0.25, 0.3) is 0 Å². The minimum absolute atomic E-state index is 0.0247. The van der Waals surface area contributed by atoms with E-state index in [9.17, 15) is 9.59 Å². The van der Waals surface area contributed by atoms with Gasteiger partial charge in [0.15, 0.2) is 0 Å². The van der Waals surface area contributed by atoms with Crippen molar-refractivity contribution in [1.82, 2.24) is 20.0 Å². The number of hydrogen-bond acceptors (Lipinski definition) is 4. The normalized spacial score (nSPS) is 20.7. The van der Waals surface area contributed by atoms with Gasteiger partial charge in [0.1, 0.15) is 5.60 Å². The highest BCUT2D eigenvalue weighted by atomic mass is 16.6. The van der Waals surface area contributed by atoms with Crippen LogP contribution in [0.15, 0.2) is 6.20 Å². The first-order valence-corrected chi connectivity index (χ1v) is 9.73. The molecule has 1 aliphatic heterocycles. The quantitative estimate of drug-likeness (QED) is 0.875. The largest absolute Gasteiger partial charge is 0.444 e. The number of amides is 2. The topological polar surface area (TPSA) is 76.5 Å². The number of alkyl carbamates (subject to hydrolysis) is 1. The molecule has 0 aliphatic carbocycles. The molecule has 0 saturated carbocycles. The van der Waals surface area contributed by atoms with Gasteiger partial charge >= 0.3 is 6.09 Å². The summed E-state index contributed by atoms with van der Waals surface area (Å²) >= 11 is 0. The van der Waals surface area contributed by atoms with Crippen LogP contribution in [0.1, 0.15) is 77.9 Å². The Morgan fingerprint density at radius 3 is 2.41 bits per heavy atom. The number of likely N-dealkylation sites (tertiary alicyclic amines) is 1. The van der Waals surface area contributed by atoms with Gasteiger partial charge in [0.2, 0.25) is 0 Å². The van der Waals surface area contributed by atoms with E-state index in [0.29, 0.717) is 18.5 Å². The predicted molar refractivity (Wildman–Crippen MR) is 105 cm³/mol. The van der Waals surface area contributed by atoms with Crippen molar-refractivity contribution >= 4 is 12.0 Å². The lowest BCUT2D eigenvalue weighted by Gasteiger charge is -2.27. The number of hydrogen-bond donors (Lipinski definition) is 1. The predicted octanol–water partition coefficient (Wildman–Crippen LogP) is 3.33. The molecular weight excluding hydrogens is 344 g/mol. The van der Waals surface area contributed by atoms with Gasteiger partial charge in [-0.25, -0.2) is 4.79 Å². The number of aromatic nitrogens is 2. The molecule has 2 heterocycles. The molecule has 2 rings (SSSR count). The molecule has 7 heteroatoms. The average Bonchev–Trinajstić information content (AvgIpc) is 3.09. The molecule has 1 aromatic heterocycles. The second-order valence-corrected chi connectivity index (χ2v) is 9.22. The van der Waals surface area contributed by atoms with Gasteiger partial charge in [-0.15, -0.1) is 0 Å². The van der Waals surface area contributed by atoms with Crippen LogP contribution in [-0.4, -0.2) is 50.9 Å². The average molecular weight is 379 g/mol. The van der Waals surface area contributed by atoms with Gasteiger partial charge < -0.3 is 15.0 Å². The van der Waals surface area contributed by atoms with Crippen molar-refractivity contribution in [3.63, 3.8) is 0 Å². The zero-order valence-electron chi connectivity index (χ0n) is 17.9. The molecule has 2 amide bonds. The van der Waals surface area contributed by atoms with E-state index in [4.69, 9.17) is 4.74 Å². The van der Waals surface area contributed by atoms with Crippen molar-refractivity contribution in [1.29, 1.82) is 0 Å². The van der Waals surface area contributed by atoms with Crippen LogP contribution < -0.4 is 5.32 Å². The lowest BCUT2D eigenvalue weighted by molar-refractivity contribution is 0.0485. The molecule has 0 unspecified atom stereocenters. The lowest BCUT2D eigenvalue weighted by atomic mass is 10.1. The fraction of sp³-hybridized carbons (Fsp3) is 0.750. The fourth-order valence-corrected chi connectivity index (χ4v) is 3.50. The van der Waals surface area contributed by atoms with Gasteiger partial charge in [-0.1, -0.05) is 6.92 Å². The third-order valence-corrected chi connectivity index (χ3v) is 4.79. The second kappa shape index (κ2) is 7.52. The van der Waals surface area contributed by atoms with Crippen molar-refractivity contribution in [3.8, 4) is 0 Å². The van der Waals surface area contributed by atoms with E-state index < -0.39 is 11.7 Å². The Balaban J connectivity index is 2.13. The van der Waals surface area contributed by atoms with E-state index in [1.54, 1.807) is 6.20 Å². The van der Waals surface area contributed by atoms with Crippen LogP contribution in [0.4, 0.5) is 4.79 Å². The maximum Gasteiger partial charge on any atom is 0.407 e. The third-order valence-electron chi connectivity index (χ3n) is 4.79.